The Morgan fingerprint density at radius 2 is 2.38 bits per heavy atom. The van der Waals surface area contributed by atoms with Crippen LogP contribution in [0, 0.1) is 0 Å². The normalized spacial score (nSPS) is 10.0. The van der Waals surface area contributed by atoms with Crippen molar-refractivity contribution in [2.45, 2.75) is 26.3 Å². The standard InChI is InChI=1S/C9H16N4/c1-2-3-5-11-9-8(7-10)4-6-12-13-9/h4,6H,2-3,5,7,10H2,1H3,(H,11,13). The van der Waals surface area contributed by atoms with Gasteiger partial charge in [0.05, 0.1) is 6.20 Å². The first-order valence-electron chi connectivity index (χ1n) is 4.63. The lowest BCUT2D eigenvalue weighted by Crippen LogP contribution is -2.09. The van der Waals surface area contributed by atoms with E-state index in [0.29, 0.717) is 6.54 Å². The monoisotopic (exact) mass is 180 g/mol. The second-order valence-electron chi connectivity index (χ2n) is 2.89. The van der Waals surface area contributed by atoms with Crippen LogP contribution in [0.5, 0.6) is 0 Å². The maximum atomic E-state index is 5.55. The molecule has 0 unspecified atom stereocenters. The number of rotatable bonds is 5. The van der Waals surface area contributed by atoms with Gasteiger partial charge in [-0.3, -0.25) is 0 Å². The van der Waals surface area contributed by atoms with Gasteiger partial charge in [0.15, 0.2) is 5.82 Å². The summed E-state index contributed by atoms with van der Waals surface area (Å²) in [4.78, 5) is 0. The van der Waals surface area contributed by atoms with Crippen LogP contribution >= 0.6 is 0 Å². The van der Waals surface area contributed by atoms with Gasteiger partial charge in [0, 0.05) is 18.7 Å². The summed E-state index contributed by atoms with van der Waals surface area (Å²) in [5.41, 5.74) is 6.57. The fourth-order valence-electron chi connectivity index (χ4n) is 1.05. The Morgan fingerprint density at radius 3 is 3.08 bits per heavy atom. The molecule has 0 spiro atoms. The number of nitrogens with one attached hydrogen (secondary N) is 1. The average Bonchev–Trinajstić information content (AvgIpc) is 2.19. The van der Waals surface area contributed by atoms with Gasteiger partial charge < -0.3 is 11.1 Å². The first kappa shape index (κ1) is 9.92. The van der Waals surface area contributed by atoms with Crippen molar-refractivity contribution in [1.82, 2.24) is 10.2 Å². The predicted octanol–water partition coefficient (Wildman–Crippen LogP) is 1.15. The first-order chi connectivity index (χ1) is 6.38. The second-order valence-corrected chi connectivity index (χ2v) is 2.89. The van der Waals surface area contributed by atoms with E-state index in [9.17, 15) is 0 Å². The zero-order chi connectivity index (χ0) is 9.52. The third-order valence-corrected chi connectivity index (χ3v) is 1.85. The second kappa shape index (κ2) is 5.48. The highest BCUT2D eigenvalue weighted by Gasteiger charge is 1.99. The zero-order valence-corrected chi connectivity index (χ0v) is 7.95. The summed E-state index contributed by atoms with van der Waals surface area (Å²) in [5, 5.41) is 11.0. The molecule has 13 heavy (non-hydrogen) atoms. The Kier molecular flexibility index (Phi) is 4.18. The number of nitrogens with two attached hydrogens (primary N) is 1. The lowest BCUT2D eigenvalue weighted by molar-refractivity contribution is 0.822. The number of anilines is 1. The molecule has 1 rings (SSSR count). The zero-order valence-electron chi connectivity index (χ0n) is 7.95. The molecule has 0 aliphatic rings. The highest BCUT2D eigenvalue weighted by molar-refractivity contribution is 5.41. The van der Waals surface area contributed by atoms with Crippen molar-refractivity contribution in [3.63, 3.8) is 0 Å². The summed E-state index contributed by atoms with van der Waals surface area (Å²) < 4.78 is 0. The molecule has 0 atom stereocenters. The van der Waals surface area contributed by atoms with E-state index in [1.165, 1.54) is 6.42 Å². The largest absolute Gasteiger partial charge is 0.368 e. The number of nitrogens with zero attached hydrogens (tertiary/aromatic N) is 2. The molecular weight excluding hydrogens is 164 g/mol. The molecule has 0 aliphatic heterocycles. The molecule has 0 saturated heterocycles. The van der Waals surface area contributed by atoms with Gasteiger partial charge in [0.2, 0.25) is 0 Å². The molecule has 1 aromatic rings. The van der Waals surface area contributed by atoms with Crippen LogP contribution in [-0.4, -0.2) is 16.7 Å². The topological polar surface area (TPSA) is 63.8 Å². The molecule has 1 heterocycles. The fourth-order valence-corrected chi connectivity index (χ4v) is 1.05. The van der Waals surface area contributed by atoms with E-state index < -0.39 is 0 Å². The molecule has 0 amide bonds. The minimum atomic E-state index is 0.504. The van der Waals surface area contributed by atoms with Gasteiger partial charge in [0.25, 0.3) is 0 Å². The third kappa shape index (κ3) is 2.99. The quantitative estimate of drug-likeness (QED) is 0.667. The molecule has 72 valence electrons. The van der Waals surface area contributed by atoms with Crippen LogP contribution in [0.2, 0.25) is 0 Å². The minimum absolute atomic E-state index is 0.504. The minimum Gasteiger partial charge on any atom is -0.368 e. The van der Waals surface area contributed by atoms with Gasteiger partial charge in [-0.2, -0.15) is 5.10 Å². The molecule has 0 aromatic carbocycles. The molecule has 0 radical (unpaired) electrons. The van der Waals surface area contributed by atoms with Gasteiger partial charge in [-0.1, -0.05) is 13.3 Å². The molecule has 4 heteroatoms. The van der Waals surface area contributed by atoms with Crippen LogP contribution in [0.15, 0.2) is 12.3 Å². The van der Waals surface area contributed by atoms with Crippen LogP contribution in [0.4, 0.5) is 5.82 Å². The first-order valence-corrected chi connectivity index (χ1v) is 4.63. The number of hydrogen-bond donors (Lipinski definition) is 2. The molecular formula is C9H16N4. The Bertz CT molecular complexity index is 249. The van der Waals surface area contributed by atoms with E-state index in [1.54, 1.807) is 6.20 Å². The van der Waals surface area contributed by atoms with Gasteiger partial charge >= 0.3 is 0 Å². The van der Waals surface area contributed by atoms with Crippen molar-refractivity contribution in [3.8, 4) is 0 Å². The van der Waals surface area contributed by atoms with Gasteiger partial charge in [0.1, 0.15) is 0 Å². The van der Waals surface area contributed by atoms with E-state index in [0.717, 1.165) is 24.3 Å². The summed E-state index contributed by atoms with van der Waals surface area (Å²) >= 11 is 0. The van der Waals surface area contributed by atoms with Crippen molar-refractivity contribution in [1.29, 1.82) is 0 Å². The van der Waals surface area contributed by atoms with E-state index >= 15 is 0 Å². The summed E-state index contributed by atoms with van der Waals surface area (Å²) in [6.45, 7) is 3.59. The Morgan fingerprint density at radius 1 is 1.54 bits per heavy atom. The van der Waals surface area contributed by atoms with Crippen molar-refractivity contribution < 1.29 is 0 Å². The predicted molar refractivity (Wildman–Crippen MR) is 53.3 cm³/mol. The molecule has 0 bridgehead atoms. The van der Waals surface area contributed by atoms with Crippen molar-refractivity contribution in [3.05, 3.63) is 17.8 Å². The van der Waals surface area contributed by atoms with Crippen molar-refractivity contribution in [2.24, 2.45) is 5.73 Å². The lowest BCUT2D eigenvalue weighted by Gasteiger charge is -2.07. The van der Waals surface area contributed by atoms with E-state index in [1.807, 2.05) is 6.07 Å². The lowest BCUT2D eigenvalue weighted by atomic mass is 10.2. The molecule has 4 nitrogen and oxygen atoms in total. The van der Waals surface area contributed by atoms with Crippen LogP contribution in [0.3, 0.4) is 0 Å². The van der Waals surface area contributed by atoms with Crippen molar-refractivity contribution >= 4 is 5.82 Å². The van der Waals surface area contributed by atoms with E-state index in [4.69, 9.17) is 5.73 Å². The smallest absolute Gasteiger partial charge is 0.153 e. The van der Waals surface area contributed by atoms with Crippen LogP contribution in [-0.2, 0) is 6.54 Å². The number of hydrogen-bond acceptors (Lipinski definition) is 4. The highest BCUT2D eigenvalue weighted by Crippen LogP contribution is 2.08. The molecule has 1 aromatic heterocycles. The highest BCUT2D eigenvalue weighted by atomic mass is 15.2. The maximum absolute atomic E-state index is 5.55. The van der Waals surface area contributed by atoms with E-state index in [-0.39, 0.29) is 0 Å². The Balaban J connectivity index is 2.54. The van der Waals surface area contributed by atoms with Gasteiger partial charge in [-0.05, 0) is 12.5 Å². The maximum Gasteiger partial charge on any atom is 0.153 e. The SMILES string of the molecule is CCCCNc1nnccc1CN. The van der Waals surface area contributed by atoms with Gasteiger partial charge in [-0.15, -0.1) is 5.10 Å². The summed E-state index contributed by atoms with van der Waals surface area (Å²) in [7, 11) is 0. The summed E-state index contributed by atoms with van der Waals surface area (Å²) in [5.74, 6) is 0.818. The fraction of sp³-hybridized carbons (Fsp3) is 0.556. The molecule has 0 aliphatic carbocycles. The summed E-state index contributed by atoms with van der Waals surface area (Å²) in [6, 6.07) is 1.89. The van der Waals surface area contributed by atoms with Gasteiger partial charge in [-0.25, -0.2) is 0 Å². The number of unbranched alkanes of at least 4 members (excludes halogenated alkanes) is 1. The molecule has 3 N–H and O–H groups in total. The van der Waals surface area contributed by atoms with E-state index in [2.05, 4.69) is 22.4 Å². The third-order valence-electron chi connectivity index (χ3n) is 1.85. The van der Waals surface area contributed by atoms with Crippen LogP contribution in [0.25, 0.3) is 0 Å². The number of aromatic nitrogens is 2. The molecule has 0 fully saturated rings. The van der Waals surface area contributed by atoms with Crippen molar-refractivity contribution in [2.75, 3.05) is 11.9 Å². The summed E-state index contributed by atoms with van der Waals surface area (Å²) in [6.07, 6.45) is 3.97. The van der Waals surface area contributed by atoms with Crippen LogP contribution in [0.1, 0.15) is 25.3 Å². The van der Waals surface area contributed by atoms with Crippen LogP contribution < -0.4 is 11.1 Å². The molecule has 0 saturated carbocycles. The Hall–Kier alpha value is -1.16. The Labute approximate surface area is 78.6 Å². The average molecular weight is 180 g/mol.